The first-order valence-corrected chi connectivity index (χ1v) is 8.29. The van der Waals surface area contributed by atoms with Crippen LogP contribution in [0.5, 0.6) is 0 Å². The van der Waals surface area contributed by atoms with Crippen molar-refractivity contribution in [3.63, 3.8) is 0 Å². The summed E-state index contributed by atoms with van der Waals surface area (Å²) in [6.45, 7) is -0.0562. The van der Waals surface area contributed by atoms with Gasteiger partial charge in [0, 0.05) is 22.4 Å². The molecule has 0 amide bonds. The molecule has 0 radical (unpaired) electrons. The standard InChI is InChI=1S/C18H16BrNO2/c19-14-8-6-12-15(22)9-7-13-16(12)18(14)20(10-21)17(13)11-4-2-1-3-5-11/h1-6,8,13,17,21H,7,9-10H2. The van der Waals surface area contributed by atoms with Gasteiger partial charge in [-0.1, -0.05) is 30.3 Å². The van der Waals surface area contributed by atoms with E-state index in [-0.39, 0.29) is 24.5 Å². The first-order chi connectivity index (χ1) is 10.7. The molecule has 0 spiro atoms. The van der Waals surface area contributed by atoms with Gasteiger partial charge in [0.15, 0.2) is 5.78 Å². The molecule has 0 saturated carbocycles. The number of ketones is 1. The zero-order valence-corrected chi connectivity index (χ0v) is 13.6. The van der Waals surface area contributed by atoms with E-state index < -0.39 is 0 Å². The lowest BCUT2D eigenvalue weighted by atomic mass is 9.78. The van der Waals surface area contributed by atoms with Gasteiger partial charge < -0.3 is 10.0 Å². The fraction of sp³-hybridized carbons (Fsp3) is 0.278. The number of aliphatic hydroxyl groups excluding tert-OH is 1. The van der Waals surface area contributed by atoms with Gasteiger partial charge >= 0.3 is 0 Å². The molecule has 1 N–H and O–H groups in total. The van der Waals surface area contributed by atoms with Crippen LogP contribution >= 0.6 is 15.9 Å². The second-order valence-electron chi connectivity index (χ2n) is 5.89. The average Bonchev–Trinajstić information content (AvgIpc) is 2.89. The maximum absolute atomic E-state index is 12.3. The molecule has 112 valence electrons. The van der Waals surface area contributed by atoms with Gasteiger partial charge in [0.2, 0.25) is 0 Å². The lowest BCUT2D eigenvalue weighted by Gasteiger charge is -2.30. The number of hydrogen-bond donors (Lipinski definition) is 1. The highest BCUT2D eigenvalue weighted by Crippen LogP contribution is 2.56. The summed E-state index contributed by atoms with van der Waals surface area (Å²) in [4.78, 5) is 14.3. The number of rotatable bonds is 2. The number of benzene rings is 2. The maximum atomic E-state index is 12.3. The third-order valence-electron chi connectivity index (χ3n) is 4.82. The highest BCUT2D eigenvalue weighted by molar-refractivity contribution is 9.10. The quantitative estimate of drug-likeness (QED) is 0.882. The molecule has 4 heteroatoms. The predicted molar refractivity (Wildman–Crippen MR) is 89.2 cm³/mol. The molecule has 1 aliphatic carbocycles. The lowest BCUT2D eigenvalue weighted by molar-refractivity contribution is 0.0966. The van der Waals surface area contributed by atoms with Crippen LogP contribution in [0.1, 0.15) is 46.3 Å². The number of carbonyl (C=O) groups is 1. The zero-order valence-electron chi connectivity index (χ0n) is 12.0. The van der Waals surface area contributed by atoms with E-state index in [1.807, 2.05) is 35.2 Å². The third kappa shape index (κ3) is 1.87. The smallest absolute Gasteiger partial charge is 0.163 e. The highest BCUT2D eigenvalue weighted by atomic mass is 79.9. The maximum Gasteiger partial charge on any atom is 0.163 e. The van der Waals surface area contributed by atoms with Crippen molar-refractivity contribution in [2.24, 2.45) is 0 Å². The van der Waals surface area contributed by atoms with Gasteiger partial charge in [-0.15, -0.1) is 0 Å². The molecule has 1 heterocycles. The van der Waals surface area contributed by atoms with E-state index in [2.05, 4.69) is 28.1 Å². The van der Waals surface area contributed by atoms with E-state index >= 15 is 0 Å². The predicted octanol–water partition coefficient (Wildman–Crippen LogP) is 4.02. The molecule has 1 aliphatic heterocycles. The Morgan fingerprint density at radius 1 is 1.18 bits per heavy atom. The molecule has 2 aliphatic rings. The van der Waals surface area contributed by atoms with E-state index in [0.717, 1.165) is 27.7 Å². The Hall–Kier alpha value is -1.65. The summed E-state index contributed by atoms with van der Waals surface area (Å²) in [6, 6.07) is 14.2. The number of anilines is 1. The van der Waals surface area contributed by atoms with Gasteiger partial charge in [-0.3, -0.25) is 4.79 Å². The molecule has 2 atom stereocenters. The lowest BCUT2D eigenvalue weighted by Crippen LogP contribution is -2.28. The van der Waals surface area contributed by atoms with E-state index in [1.54, 1.807) is 0 Å². The summed E-state index contributed by atoms with van der Waals surface area (Å²) in [7, 11) is 0. The molecule has 2 aromatic carbocycles. The van der Waals surface area contributed by atoms with Crippen molar-refractivity contribution in [3.05, 3.63) is 63.6 Å². The Kier molecular flexibility index (Phi) is 3.31. The molecule has 0 saturated heterocycles. The molecular formula is C18H16BrNO2. The second-order valence-corrected chi connectivity index (χ2v) is 6.75. The fourth-order valence-electron chi connectivity index (χ4n) is 3.95. The molecule has 3 nitrogen and oxygen atoms in total. The number of aliphatic hydroxyl groups is 1. The summed E-state index contributed by atoms with van der Waals surface area (Å²) < 4.78 is 0.943. The van der Waals surface area contributed by atoms with Crippen LogP contribution in [0.3, 0.4) is 0 Å². The van der Waals surface area contributed by atoms with Crippen molar-refractivity contribution in [2.75, 3.05) is 11.6 Å². The van der Waals surface area contributed by atoms with Gasteiger partial charge in [0.25, 0.3) is 0 Å². The molecule has 4 rings (SSSR count). The molecule has 22 heavy (non-hydrogen) atoms. The van der Waals surface area contributed by atoms with Crippen molar-refractivity contribution in [3.8, 4) is 0 Å². The molecule has 0 fully saturated rings. The number of carbonyl (C=O) groups excluding carboxylic acids is 1. The van der Waals surface area contributed by atoms with Gasteiger partial charge in [-0.05, 0) is 45.6 Å². The van der Waals surface area contributed by atoms with Crippen molar-refractivity contribution < 1.29 is 9.90 Å². The van der Waals surface area contributed by atoms with E-state index in [0.29, 0.717) is 6.42 Å². The molecule has 2 aromatic rings. The van der Waals surface area contributed by atoms with Crippen LogP contribution in [0, 0.1) is 0 Å². The zero-order chi connectivity index (χ0) is 15.3. The Labute approximate surface area is 137 Å². The molecule has 2 unspecified atom stereocenters. The minimum atomic E-state index is -0.0562. The van der Waals surface area contributed by atoms with E-state index in [1.165, 1.54) is 5.56 Å². The van der Waals surface area contributed by atoms with Crippen molar-refractivity contribution in [2.45, 2.75) is 24.8 Å². The van der Waals surface area contributed by atoms with Gasteiger partial charge in [0.1, 0.15) is 6.73 Å². The number of halogens is 1. The summed E-state index contributed by atoms with van der Waals surface area (Å²) in [6.07, 6.45) is 1.42. The number of nitrogens with zero attached hydrogens (tertiary/aromatic N) is 1. The topological polar surface area (TPSA) is 40.5 Å². The Bertz CT molecular complexity index is 744. The first-order valence-electron chi connectivity index (χ1n) is 7.50. The van der Waals surface area contributed by atoms with Crippen LogP contribution in [-0.2, 0) is 0 Å². The summed E-state index contributed by atoms with van der Waals surface area (Å²) in [5.74, 6) is 0.473. The SMILES string of the molecule is O=C1CCC2c3c1ccc(Br)c3N(CO)C2c1ccccc1. The minimum Gasteiger partial charge on any atom is -0.376 e. The Morgan fingerprint density at radius 2 is 1.95 bits per heavy atom. The highest BCUT2D eigenvalue weighted by Gasteiger charge is 2.44. The summed E-state index contributed by atoms with van der Waals surface area (Å²) in [5.41, 5.74) is 4.09. The fourth-order valence-corrected chi connectivity index (χ4v) is 4.52. The summed E-state index contributed by atoms with van der Waals surface area (Å²) in [5, 5.41) is 9.98. The Morgan fingerprint density at radius 3 is 2.68 bits per heavy atom. The second kappa shape index (κ2) is 5.21. The number of Topliss-reactive ketones (excluding diaryl/α,β-unsaturated/α-hetero) is 1. The van der Waals surface area contributed by atoms with Gasteiger partial charge in [-0.25, -0.2) is 0 Å². The van der Waals surface area contributed by atoms with Crippen LogP contribution in [0.2, 0.25) is 0 Å². The largest absolute Gasteiger partial charge is 0.376 e. The first kappa shape index (κ1) is 14.0. The van der Waals surface area contributed by atoms with Crippen LogP contribution in [0.25, 0.3) is 0 Å². The molecular weight excluding hydrogens is 342 g/mol. The van der Waals surface area contributed by atoms with Crippen molar-refractivity contribution >= 4 is 27.4 Å². The third-order valence-corrected chi connectivity index (χ3v) is 5.46. The Balaban J connectivity index is 1.95. The summed E-state index contributed by atoms with van der Waals surface area (Å²) >= 11 is 3.60. The number of hydrogen-bond acceptors (Lipinski definition) is 3. The van der Waals surface area contributed by atoms with Crippen LogP contribution in [0.4, 0.5) is 5.69 Å². The minimum absolute atomic E-state index is 0.0562. The molecule has 0 bridgehead atoms. The monoisotopic (exact) mass is 357 g/mol. The van der Waals surface area contributed by atoms with Crippen LogP contribution in [0.15, 0.2) is 46.9 Å². The average molecular weight is 358 g/mol. The van der Waals surface area contributed by atoms with Crippen molar-refractivity contribution in [1.29, 1.82) is 0 Å². The van der Waals surface area contributed by atoms with E-state index in [4.69, 9.17) is 0 Å². The van der Waals surface area contributed by atoms with E-state index in [9.17, 15) is 9.90 Å². The van der Waals surface area contributed by atoms with Gasteiger partial charge in [0.05, 0.1) is 11.7 Å². The normalized spacial score (nSPS) is 22.8. The molecule has 0 aromatic heterocycles. The van der Waals surface area contributed by atoms with Crippen LogP contribution in [-0.4, -0.2) is 17.6 Å². The van der Waals surface area contributed by atoms with Gasteiger partial charge in [-0.2, -0.15) is 0 Å². The van der Waals surface area contributed by atoms with Crippen molar-refractivity contribution in [1.82, 2.24) is 0 Å². The van der Waals surface area contributed by atoms with Crippen LogP contribution < -0.4 is 4.90 Å².